The standard InChI is InChI=1S/C13H11N3O2S/c1-2-6-14-13-12-9-5-7-19(17,18)11(9)4-3-10(12)15-8-16-13/h1,3-4,8H,5-7H2,(H,14,15,16). The molecule has 0 saturated carbocycles. The largest absolute Gasteiger partial charge is 0.359 e. The minimum absolute atomic E-state index is 0.144. The first kappa shape index (κ1) is 11.9. The third kappa shape index (κ3) is 1.83. The number of aromatic nitrogens is 2. The van der Waals surface area contributed by atoms with Gasteiger partial charge in [-0.15, -0.1) is 6.42 Å². The summed E-state index contributed by atoms with van der Waals surface area (Å²) in [5.41, 5.74) is 1.52. The molecule has 0 radical (unpaired) electrons. The molecule has 2 heterocycles. The molecule has 0 spiro atoms. The summed E-state index contributed by atoms with van der Waals surface area (Å²) in [6, 6.07) is 3.33. The second kappa shape index (κ2) is 4.21. The Morgan fingerprint density at radius 3 is 3.00 bits per heavy atom. The van der Waals surface area contributed by atoms with Crippen LogP contribution in [0, 0.1) is 12.3 Å². The highest BCUT2D eigenvalue weighted by atomic mass is 32.2. The lowest BCUT2D eigenvalue weighted by Crippen LogP contribution is -2.03. The van der Waals surface area contributed by atoms with Gasteiger partial charge in [-0.05, 0) is 24.1 Å². The lowest BCUT2D eigenvalue weighted by atomic mass is 10.1. The van der Waals surface area contributed by atoms with Gasteiger partial charge in [0.25, 0.3) is 0 Å². The minimum Gasteiger partial charge on any atom is -0.359 e. The number of rotatable bonds is 2. The molecule has 5 nitrogen and oxygen atoms in total. The Hall–Kier alpha value is -2.13. The summed E-state index contributed by atoms with van der Waals surface area (Å²) >= 11 is 0. The zero-order valence-electron chi connectivity index (χ0n) is 10.0. The average Bonchev–Trinajstić information content (AvgIpc) is 2.72. The van der Waals surface area contributed by atoms with Gasteiger partial charge in [-0.1, -0.05) is 5.92 Å². The number of benzene rings is 1. The zero-order valence-corrected chi connectivity index (χ0v) is 10.9. The summed E-state index contributed by atoms with van der Waals surface area (Å²) in [6.07, 6.45) is 7.16. The van der Waals surface area contributed by atoms with Gasteiger partial charge in [0.1, 0.15) is 12.1 Å². The highest BCUT2D eigenvalue weighted by molar-refractivity contribution is 7.91. The summed E-state index contributed by atoms with van der Waals surface area (Å²) < 4.78 is 23.9. The molecule has 0 aliphatic carbocycles. The molecule has 0 bridgehead atoms. The van der Waals surface area contributed by atoms with Crippen LogP contribution >= 0.6 is 0 Å². The van der Waals surface area contributed by atoms with Crippen LogP contribution in [-0.4, -0.2) is 30.7 Å². The van der Waals surface area contributed by atoms with Crippen molar-refractivity contribution in [2.75, 3.05) is 17.6 Å². The van der Waals surface area contributed by atoms with Crippen molar-refractivity contribution in [1.29, 1.82) is 0 Å². The van der Waals surface area contributed by atoms with E-state index in [9.17, 15) is 8.42 Å². The molecule has 2 aromatic rings. The molecule has 1 aromatic heterocycles. The molecular formula is C13H11N3O2S. The van der Waals surface area contributed by atoms with Crippen molar-refractivity contribution < 1.29 is 8.42 Å². The van der Waals surface area contributed by atoms with Gasteiger partial charge in [0, 0.05) is 5.39 Å². The highest BCUT2D eigenvalue weighted by Crippen LogP contribution is 2.34. The number of fused-ring (bicyclic) bond motifs is 3. The van der Waals surface area contributed by atoms with E-state index in [0.717, 1.165) is 16.5 Å². The fourth-order valence-electron chi connectivity index (χ4n) is 2.36. The first-order valence-electron chi connectivity index (χ1n) is 5.80. The third-order valence-electron chi connectivity index (χ3n) is 3.18. The average molecular weight is 273 g/mol. The molecule has 1 aliphatic heterocycles. The molecule has 96 valence electrons. The van der Waals surface area contributed by atoms with Gasteiger partial charge in [-0.25, -0.2) is 18.4 Å². The molecule has 0 fully saturated rings. The van der Waals surface area contributed by atoms with Gasteiger partial charge in [0.05, 0.1) is 22.7 Å². The predicted molar refractivity (Wildman–Crippen MR) is 72.6 cm³/mol. The zero-order chi connectivity index (χ0) is 13.5. The van der Waals surface area contributed by atoms with Crippen LogP contribution < -0.4 is 5.32 Å². The first-order chi connectivity index (χ1) is 9.13. The summed E-state index contributed by atoms with van der Waals surface area (Å²) in [5, 5.41) is 3.77. The maximum Gasteiger partial charge on any atom is 0.179 e. The number of terminal acetylenes is 1. The molecule has 0 unspecified atom stereocenters. The van der Waals surface area contributed by atoms with Gasteiger partial charge in [0.2, 0.25) is 0 Å². The maximum atomic E-state index is 11.9. The van der Waals surface area contributed by atoms with Crippen LogP contribution in [0.15, 0.2) is 23.4 Å². The maximum absolute atomic E-state index is 11.9. The van der Waals surface area contributed by atoms with E-state index in [1.807, 2.05) is 0 Å². The molecule has 0 saturated heterocycles. The van der Waals surface area contributed by atoms with Crippen molar-refractivity contribution in [3.63, 3.8) is 0 Å². The Morgan fingerprint density at radius 1 is 1.37 bits per heavy atom. The number of anilines is 1. The Bertz CT molecular complexity index is 806. The predicted octanol–water partition coefficient (Wildman–Crippen LogP) is 1.00. The summed E-state index contributed by atoms with van der Waals surface area (Å²) in [6.45, 7) is 0.336. The van der Waals surface area contributed by atoms with E-state index in [4.69, 9.17) is 6.42 Å². The fourth-order valence-corrected chi connectivity index (χ4v) is 3.90. The van der Waals surface area contributed by atoms with Gasteiger partial charge in [-0.2, -0.15) is 0 Å². The molecule has 3 rings (SSSR count). The van der Waals surface area contributed by atoms with Crippen LogP contribution in [0.4, 0.5) is 5.82 Å². The lowest BCUT2D eigenvalue weighted by Gasteiger charge is -2.09. The van der Waals surface area contributed by atoms with Crippen molar-refractivity contribution in [3.8, 4) is 12.3 Å². The molecule has 1 N–H and O–H groups in total. The molecule has 1 aromatic carbocycles. The topological polar surface area (TPSA) is 72.0 Å². The van der Waals surface area contributed by atoms with Gasteiger partial charge in [0.15, 0.2) is 9.84 Å². The molecular weight excluding hydrogens is 262 g/mol. The van der Waals surface area contributed by atoms with Crippen LogP contribution in [0.25, 0.3) is 10.9 Å². The van der Waals surface area contributed by atoms with E-state index in [0.29, 0.717) is 23.7 Å². The molecule has 1 aliphatic rings. The van der Waals surface area contributed by atoms with Crippen LogP contribution in [0.5, 0.6) is 0 Å². The number of nitrogens with one attached hydrogen (secondary N) is 1. The van der Waals surface area contributed by atoms with Crippen LogP contribution in [0.1, 0.15) is 5.56 Å². The van der Waals surface area contributed by atoms with Gasteiger partial charge >= 0.3 is 0 Å². The minimum atomic E-state index is -3.16. The van der Waals surface area contributed by atoms with Gasteiger partial charge < -0.3 is 5.32 Å². The van der Waals surface area contributed by atoms with Crippen molar-refractivity contribution in [2.45, 2.75) is 11.3 Å². The number of aryl methyl sites for hydroxylation is 1. The number of hydrogen-bond donors (Lipinski definition) is 1. The smallest absolute Gasteiger partial charge is 0.179 e. The SMILES string of the molecule is C#CCNc1ncnc2ccc3c(c12)CCS3(=O)=O. The Morgan fingerprint density at radius 2 is 2.21 bits per heavy atom. The highest BCUT2D eigenvalue weighted by Gasteiger charge is 2.28. The number of sulfone groups is 1. The van der Waals surface area contributed by atoms with E-state index < -0.39 is 9.84 Å². The monoisotopic (exact) mass is 273 g/mol. The third-order valence-corrected chi connectivity index (χ3v) is 4.98. The second-order valence-corrected chi connectivity index (χ2v) is 6.36. The van der Waals surface area contributed by atoms with E-state index in [-0.39, 0.29) is 5.75 Å². The Labute approximate surface area is 111 Å². The number of nitrogens with zero attached hydrogens (tertiary/aromatic N) is 2. The van der Waals surface area contributed by atoms with Crippen molar-refractivity contribution >= 4 is 26.6 Å². The van der Waals surface area contributed by atoms with E-state index in [1.165, 1.54) is 6.33 Å². The van der Waals surface area contributed by atoms with Crippen LogP contribution in [-0.2, 0) is 16.3 Å². The lowest BCUT2D eigenvalue weighted by molar-refractivity contribution is 0.600. The van der Waals surface area contributed by atoms with E-state index >= 15 is 0 Å². The first-order valence-corrected chi connectivity index (χ1v) is 7.45. The van der Waals surface area contributed by atoms with Gasteiger partial charge in [-0.3, -0.25) is 0 Å². The second-order valence-electron chi connectivity index (χ2n) is 4.29. The Kier molecular flexibility index (Phi) is 2.64. The molecule has 0 amide bonds. The van der Waals surface area contributed by atoms with Crippen LogP contribution in [0.3, 0.4) is 0 Å². The molecule has 6 heteroatoms. The molecule has 0 atom stereocenters. The van der Waals surface area contributed by atoms with E-state index in [1.54, 1.807) is 12.1 Å². The normalized spacial score (nSPS) is 15.9. The molecule has 19 heavy (non-hydrogen) atoms. The van der Waals surface area contributed by atoms with Crippen molar-refractivity contribution in [1.82, 2.24) is 9.97 Å². The summed E-state index contributed by atoms with van der Waals surface area (Å²) in [5.74, 6) is 3.21. The van der Waals surface area contributed by atoms with Crippen molar-refractivity contribution in [3.05, 3.63) is 24.0 Å². The Balaban J connectivity index is 2.31. The van der Waals surface area contributed by atoms with Crippen LogP contribution in [0.2, 0.25) is 0 Å². The number of hydrogen-bond acceptors (Lipinski definition) is 5. The summed E-state index contributed by atoms with van der Waals surface area (Å²) in [7, 11) is -3.16. The van der Waals surface area contributed by atoms with Crippen molar-refractivity contribution in [2.24, 2.45) is 0 Å². The van der Waals surface area contributed by atoms with E-state index in [2.05, 4.69) is 21.2 Å². The fraction of sp³-hybridized carbons (Fsp3) is 0.231. The quantitative estimate of drug-likeness (QED) is 0.827. The summed E-state index contributed by atoms with van der Waals surface area (Å²) in [4.78, 5) is 8.72.